The highest BCUT2D eigenvalue weighted by Crippen LogP contribution is 2.12. The summed E-state index contributed by atoms with van der Waals surface area (Å²) in [6.07, 6.45) is 2.40. The number of hydrogen-bond acceptors (Lipinski definition) is 6. The third-order valence-electron chi connectivity index (χ3n) is 1.33. The Hall–Kier alpha value is -1.28. The zero-order valence-corrected chi connectivity index (χ0v) is 7.57. The van der Waals surface area contributed by atoms with Crippen molar-refractivity contribution in [2.45, 2.75) is 5.03 Å². The van der Waals surface area contributed by atoms with Gasteiger partial charge in [0, 0.05) is 10.7 Å². The molecule has 2 rings (SSSR count). The Balaban J connectivity index is 2.91. The van der Waals surface area contributed by atoms with E-state index in [1.54, 1.807) is 0 Å². The summed E-state index contributed by atoms with van der Waals surface area (Å²) in [6, 6.07) is 0. The molecule has 0 aromatic carbocycles. The zero-order valence-electron chi connectivity index (χ0n) is 5.99. The Morgan fingerprint density at radius 1 is 1.38 bits per heavy atom. The van der Waals surface area contributed by atoms with Crippen molar-refractivity contribution in [3.8, 4) is 0 Å². The van der Waals surface area contributed by atoms with Crippen LogP contribution in [0.15, 0.2) is 17.4 Å². The number of halogens is 1. The fourth-order valence-electron chi connectivity index (χ4n) is 0.820. The Kier molecular flexibility index (Phi) is 1.67. The quantitative estimate of drug-likeness (QED) is 0.598. The van der Waals surface area contributed by atoms with Crippen molar-refractivity contribution in [2.24, 2.45) is 0 Å². The molecule has 13 heavy (non-hydrogen) atoms. The minimum Gasteiger partial charge on any atom is -0.258 e. The summed E-state index contributed by atoms with van der Waals surface area (Å²) in [5.74, 6) is 0. The van der Waals surface area contributed by atoms with E-state index < -0.39 is 9.05 Å². The standard InChI is InChI=1S/C4H2ClN5O2S/c5-13(11,12)4-2-6-1-3-7-8-9-10(3)4/h1-2H. The number of nitrogens with zero attached hydrogens (tertiary/aromatic N) is 5. The summed E-state index contributed by atoms with van der Waals surface area (Å²) in [6.45, 7) is 0. The average Bonchev–Trinajstić information content (AvgIpc) is 2.48. The second kappa shape index (κ2) is 2.60. The summed E-state index contributed by atoms with van der Waals surface area (Å²) in [5, 5.41) is 9.97. The summed E-state index contributed by atoms with van der Waals surface area (Å²) >= 11 is 0. The molecule has 0 saturated carbocycles. The molecule has 9 heteroatoms. The van der Waals surface area contributed by atoms with Crippen molar-refractivity contribution in [3.05, 3.63) is 12.4 Å². The van der Waals surface area contributed by atoms with Crippen LogP contribution in [0.2, 0.25) is 0 Å². The Morgan fingerprint density at radius 3 is 2.85 bits per heavy atom. The lowest BCUT2D eigenvalue weighted by Gasteiger charge is -1.95. The molecule has 2 aromatic rings. The number of hydrogen-bond donors (Lipinski definition) is 0. The first kappa shape index (κ1) is 8.32. The maximum Gasteiger partial charge on any atom is 0.280 e. The molecule has 0 saturated heterocycles. The van der Waals surface area contributed by atoms with Crippen LogP contribution in [0.1, 0.15) is 0 Å². The summed E-state index contributed by atoms with van der Waals surface area (Å²) < 4.78 is 22.9. The minimum atomic E-state index is -3.87. The molecule has 0 N–H and O–H groups in total. The summed E-state index contributed by atoms with van der Waals surface area (Å²) in [5.41, 5.74) is 0.224. The molecule has 0 bridgehead atoms. The SMILES string of the molecule is O=S(=O)(Cl)c1cncc2nnnn12. The molecule has 0 aliphatic rings. The first-order valence-corrected chi connectivity index (χ1v) is 5.37. The first-order chi connectivity index (χ1) is 6.09. The number of tetrazole rings is 1. The van der Waals surface area contributed by atoms with Crippen molar-refractivity contribution >= 4 is 25.4 Å². The number of aromatic nitrogens is 5. The predicted octanol–water partition coefficient (Wildman–Crippen LogP) is -0.553. The highest BCUT2D eigenvalue weighted by molar-refractivity contribution is 8.13. The molecule has 0 radical (unpaired) electrons. The van der Waals surface area contributed by atoms with Gasteiger partial charge in [-0.1, -0.05) is 0 Å². The van der Waals surface area contributed by atoms with Gasteiger partial charge in [-0.2, -0.15) is 4.52 Å². The second-order valence-electron chi connectivity index (χ2n) is 2.13. The summed E-state index contributed by atoms with van der Waals surface area (Å²) in [7, 11) is 1.24. The van der Waals surface area contributed by atoms with Gasteiger partial charge in [0.25, 0.3) is 9.05 Å². The van der Waals surface area contributed by atoms with Gasteiger partial charge in [0.1, 0.15) is 0 Å². The molecule has 68 valence electrons. The van der Waals surface area contributed by atoms with Crippen LogP contribution in [-0.2, 0) is 9.05 Å². The van der Waals surface area contributed by atoms with Crippen molar-refractivity contribution < 1.29 is 8.42 Å². The zero-order chi connectivity index (χ0) is 9.47. The van der Waals surface area contributed by atoms with Gasteiger partial charge < -0.3 is 0 Å². The van der Waals surface area contributed by atoms with Gasteiger partial charge in [-0.25, -0.2) is 8.42 Å². The van der Waals surface area contributed by atoms with Gasteiger partial charge in [-0.3, -0.25) is 4.98 Å². The minimum absolute atomic E-state index is 0.224. The van der Waals surface area contributed by atoms with Gasteiger partial charge >= 0.3 is 0 Å². The number of rotatable bonds is 1. The summed E-state index contributed by atoms with van der Waals surface area (Å²) in [4.78, 5) is 3.62. The van der Waals surface area contributed by atoms with Crippen molar-refractivity contribution in [1.29, 1.82) is 0 Å². The van der Waals surface area contributed by atoms with Gasteiger partial charge in [-0.05, 0) is 10.4 Å². The molecule has 0 aliphatic heterocycles. The lowest BCUT2D eigenvalue weighted by atomic mass is 10.7. The third kappa shape index (κ3) is 1.33. The van der Waals surface area contributed by atoms with Crippen molar-refractivity contribution in [3.63, 3.8) is 0 Å². The Labute approximate surface area is 76.8 Å². The molecule has 0 amide bonds. The van der Waals surface area contributed by atoms with Crippen LogP contribution in [-0.4, -0.2) is 33.4 Å². The molecule has 0 unspecified atom stereocenters. The van der Waals surface area contributed by atoms with E-state index in [1.165, 1.54) is 6.20 Å². The van der Waals surface area contributed by atoms with Crippen LogP contribution in [0.3, 0.4) is 0 Å². The lowest BCUT2D eigenvalue weighted by Crippen LogP contribution is -2.02. The van der Waals surface area contributed by atoms with E-state index in [1.807, 2.05) is 0 Å². The molecule has 2 heterocycles. The monoisotopic (exact) mass is 219 g/mol. The van der Waals surface area contributed by atoms with Crippen LogP contribution in [0.25, 0.3) is 5.65 Å². The molecule has 0 atom stereocenters. The largest absolute Gasteiger partial charge is 0.280 e. The van der Waals surface area contributed by atoms with Crippen LogP contribution in [0.5, 0.6) is 0 Å². The van der Waals surface area contributed by atoms with Gasteiger partial charge in [0.05, 0.1) is 12.4 Å². The maximum atomic E-state index is 11.0. The molecular formula is C4H2ClN5O2S. The van der Waals surface area contributed by atoms with Gasteiger partial charge in [0.15, 0.2) is 10.7 Å². The van der Waals surface area contributed by atoms with Crippen molar-refractivity contribution in [2.75, 3.05) is 0 Å². The van der Waals surface area contributed by atoms with Crippen LogP contribution in [0.4, 0.5) is 0 Å². The predicted molar refractivity (Wildman–Crippen MR) is 41.6 cm³/mol. The van der Waals surface area contributed by atoms with Crippen LogP contribution < -0.4 is 0 Å². The lowest BCUT2D eigenvalue weighted by molar-refractivity contribution is 0.598. The maximum absolute atomic E-state index is 11.0. The normalized spacial score (nSPS) is 12.1. The highest BCUT2D eigenvalue weighted by atomic mass is 35.7. The molecule has 0 aliphatic carbocycles. The van der Waals surface area contributed by atoms with E-state index in [9.17, 15) is 8.42 Å². The highest BCUT2D eigenvalue weighted by Gasteiger charge is 2.16. The smallest absolute Gasteiger partial charge is 0.258 e. The van der Waals surface area contributed by atoms with E-state index in [-0.39, 0.29) is 10.7 Å². The van der Waals surface area contributed by atoms with E-state index in [0.29, 0.717) is 0 Å². The van der Waals surface area contributed by atoms with Gasteiger partial charge in [0.2, 0.25) is 0 Å². The molecular weight excluding hydrogens is 218 g/mol. The second-order valence-corrected chi connectivity index (χ2v) is 4.65. The molecule has 0 spiro atoms. The Bertz CT molecular complexity index is 548. The van der Waals surface area contributed by atoms with E-state index in [0.717, 1.165) is 10.7 Å². The average molecular weight is 220 g/mol. The van der Waals surface area contributed by atoms with Gasteiger partial charge in [-0.15, -0.1) is 5.10 Å². The van der Waals surface area contributed by atoms with Crippen LogP contribution in [0, 0.1) is 0 Å². The molecule has 0 fully saturated rings. The topological polar surface area (TPSA) is 90.1 Å². The molecule has 7 nitrogen and oxygen atoms in total. The van der Waals surface area contributed by atoms with E-state index >= 15 is 0 Å². The van der Waals surface area contributed by atoms with E-state index in [2.05, 4.69) is 20.5 Å². The fourth-order valence-corrected chi connectivity index (χ4v) is 1.66. The number of fused-ring (bicyclic) bond motifs is 1. The fraction of sp³-hybridized carbons (Fsp3) is 0. The molecule has 2 aromatic heterocycles. The third-order valence-corrected chi connectivity index (χ3v) is 2.58. The van der Waals surface area contributed by atoms with Crippen LogP contribution >= 0.6 is 10.7 Å². The first-order valence-electron chi connectivity index (χ1n) is 3.06. The Morgan fingerprint density at radius 2 is 2.15 bits per heavy atom. The van der Waals surface area contributed by atoms with Crippen molar-refractivity contribution in [1.82, 2.24) is 25.0 Å². The van der Waals surface area contributed by atoms with E-state index in [4.69, 9.17) is 10.7 Å².